The molecule has 0 aliphatic carbocycles. The lowest BCUT2D eigenvalue weighted by molar-refractivity contribution is 0.267. The summed E-state index contributed by atoms with van der Waals surface area (Å²) < 4.78 is 27.8. The number of hydrogen-bond acceptors (Lipinski definition) is 4. The molecule has 0 saturated heterocycles. The summed E-state index contributed by atoms with van der Waals surface area (Å²) in [7, 11) is 1.64. The van der Waals surface area contributed by atoms with Crippen LogP contribution in [-0.2, 0) is 26.0 Å². The lowest BCUT2D eigenvalue weighted by Crippen LogP contribution is -2.09. The molecule has 7 heteroatoms. The van der Waals surface area contributed by atoms with Crippen LogP contribution in [-0.4, -0.2) is 28.6 Å². The summed E-state index contributed by atoms with van der Waals surface area (Å²) in [6.07, 6.45) is 1.46. The van der Waals surface area contributed by atoms with E-state index in [9.17, 15) is 9.50 Å². The number of aromatic nitrogens is 2. The second kappa shape index (κ2) is 10.1. The molecule has 4 rings (SSSR count). The number of hydrogen-bond donors (Lipinski definition) is 1. The first-order valence-electron chi connectivity index (χ1n) is 10.4. The summed E-state index contributed by atoms with van der Waals surface area (Å²) >= 11 is 3.40. The van der Waals surface area contributed by atoms with E-state index in [2.05, 4.69) is 21.0 Å². The molecule has 0 bridgehead atoms. The summed E-state index contributed by atoms with van der Waals surface area (Å²) in [5.74, 6) is 1.24. The molecule has 0 aliphatic heterocycles. The van der Waals surface area contributed by atoms with E-state index in [1.54, 1.807) is 17.9 Å². The van der Waals surface area contributed by atoms with Gasteiger partial charge < -0.3 is 14.6 Å². The van der Waals surface area contributed by atoms with Crippen molar-refractivity contribution in [3.63, 3.8) is 0 Å². The van der Waals surface area contributed by atoms with Crippen molar-refractivity contribution in [2.24, 2.45) is 0 Å². The quantitative estimate of drug-likeness (QED) is 0.340. The monoisotopic (exact) mass is 498 g/mol. The fraction of sp³-hybridized carbons (Fsp3) is 0.240. The van der Waals surface area contributed by atoms with Crippen molar-refractivity contribution < 1.29 is 19.0 Å². The van der Waals surface area contributed by atoms with Crippen molar-refractivity contribution in [2.45, 2.75) is 26.0 Å². The Morgan fingerprint density at radius 1 is 1.00 bits per heavy atom. The topological polar surface area (TPSA) is 56.5 Å². The lowest BCUT2D eigenvalue weighted by Gasteiger charge is -2.13. The van der Waals surface area contributed by atoms with Gasteiger partial charge in [0, 0.05) is 11.1 Å². The van der Waals surface area contributed by atoms with E-state index in [1.807, 2.05) is 42.5 Å². The van der Waals surface area contributed by atoms with Gasteiger partial charge in [-0.1, -0.05) is 18.2 Å². The maximum atomic E-state index is 13.9. The summed E-state index contributed by atoms with van der Waals surface area (Å²) in [5.41, 5.74) is 3.08. The van der Waals surface area contributed by atoms with Crippen molar-refractivity contribution in [2.75, 3.05) is 13.7 Å². The van der Waals surface area contributed by atoms with Crippen LogP contribution in [0.1, 0.15) is 16.8 Å². The van der Waals surface area contributed by atoms with Crippen LogP contribution in [0.3, 0.4) is 0 Å². The Morgan fingerprint density at radius 3 is 2.56 bits per heavy atom. The smallest absolute Gasteiger partial charge is 0.128 e. The molecule has 3 aromatic carbocycles. The van der Waals surface area contributed by atoms with E-state index < -0.39 is 0 Å². The van der Waals surface area contributed by atoms with Gasteiger partial charge in [0.25, 0.3) is 0 Å². The van der Waals surface area contributed by atoms with E-state index in [1.165, 1.54) is 12.1 Å². The van der Waals surface area contributed by atoms with Gasteiger partial charge in [0.2, 0.25) is 0 Å². The van der Waals surface area contributed by atoms with Gasteiger partial charge in [-0.25, -0.2) is 4.39 Å². The fourth-order valence-electron chi connectivity index (χ4n) is 3.69. The summed E-state index contributed by atoms with van der Waals surface area (Å²) in [6.45, 7) is 0.871. The number of rotatable bonds is 9. The SMILES string of the molecule is COc1ccc(COc2cc(CCc3cc(Br)nn3CCO)cc3cc(F)ccc23)cc1. The van der Waals surface area contributed by atoms with Gasteiger partial charge in [0.05, 0.1) is 20.3 Å². The highest BCUT2D eigenvalue weighted by Gasteiger charge is 2.10. The third-order valence-electron chi connectivity index (χ3n) is 5.30. The fourth-order valence-corrected chi connectivity index (χ4v) is 4.15. The first-order chi connectivity index (χ1) is 15.6. The molecule has 0 aliphatic rings. The Bertz CT molecular complexity index is 1210. The van der Waals surface area contributed by atoms with E-state index in [-0.39, 0.29) is 12.4 Å². The summed E-state index contributed by atoms with van der Waals surface area (Å²) in [6, 6.07) is 18.4. The zero-order valence-electron chi connectivity index (χ0n) is 17.7. The highest BCUT2D eigenvalue weighted by atomic mass is 79.9. The second-order valence-electron chi connectivity index (χ2n) is 7.50. The van der Waals surface area contributed by atoms with Crippen molar-refractivity contribution in [3.8, 4) is 11.5 Å². The van der Waals surface area contributed by atoms with Crippen LogP contribution in [0.15, 0.2) is 65.3 Å². The van der Waals surface area contributed by atoms with Crippen molar-refractivity contribution in [1.29, 1.82) is 0 Å². The molecule has 0 radical (unpaired) electrons. The largest absolute Gasteiger partial charge is 0.497 e. The normalized spacial score (nSPS) is 11.1. The number of ether oxygens (including phenoxy) is 2. The zero-order chi connectivity index (χ0) is 22.5. The molecular formula is C25H24BrFN2O3. The molecule has 0 amide bonds. The van der Waals surface area contributed by atoms with E-state index in [0.29, 0.717) is 13.2 Å². The molecule has 166 valence electrons. The van der Waals surface area contributed by atoms with Crippen LogP contribution in [0.5, 0.6) is 11.5 Å². The van der Waals surface area contributed by atoms with Crippen molar-refractivity contribution in [3.05, 3.63) is 87.9 Å². The number of fused-ring (bicyclic) bond motifs is 1. The summed E-state index contributed by atoms with van der Waals surface area (Å²) in [4.78, 5) is 0. The van der Waals surface area contributed by atoms with Gasteiger partial charge in [-0.15, -0.1) is 0 Å². The standard InChI is InChI=1S/C25H24BrFN2O3/c1-31-22-7-3-17(4-8-22)16-32-24-13-18(12-19-14-20(27)5-9-23(19)24)2-6-21-15-25(26)28-29(21)10-11-30/h3-5,7-9,12-15,30H,2,6,10-11,16H2,1H3. The molecule has 4 aromatic rings. The van der Waals surface area contributed by atoms with Gasteiger partial charge in [-0.3, -0.25) is 4.68 Å². The molecule has 1 heterocycles. The highest BCUT2D eigenvalue weighted by Crippen LogP contribution is 2.30. The first-order valence-corrected chi connectivity index (χ1v) is 11.2. The third kappa shape index (κ3) is 5.29. The molecule has 0 saturated carbocycles. The van der Waals surface area contributed by atoms with Crippen LogP contribution in [0.4, 0.5) is 4.39 Å². The number of benzene rings is 3. The molecule has 32 heavy (non-hydrogen) atoms. The van der Waals surface area contributed by atoms with E-state index in [4.69, 9.17) is 9.47 Å². The van der Waals surface area contributed by atoms with E-state index in [0.717, 1.165) is 56.5 Å². The minimum Gasteiger partial charge on any atom is -0.497 e. The lowest BCUT2D eigenvalue weighted by atomic mass is 10.0. The minimum atomic E-state index is -0.277. The average Bonchev–Trinajstić information content (AvgIpc) is 3.15. The second-order valence-corrected chi connectivity index (χ2v) is 8.31. The third-order valence-corrected chi connectivity index (χ3v) is 5.69. The molecule has 0 spiro atoms. The molecule has 0 atom stereocenters. The Morgan fingerprint density at radius 2 is 1.81 bits per heavy atom. The summed E-state index contributed by atoms with van der Waals surface area (Å²) in [5, 5.41) is 15.3. The molecule has 0 unspecified atom stereocenters. The van der Waals surface area contributed by atoms with Crippen molar-refractivity contribution in [1.82, 2.24) is 9.78 Å². The molecule has 1 N–H and O–H groups in total. The van der Waals surface area contributed by atoms with Gasteiger partial charge in [-0.2, -0.15) is 5.10 Å². The van der Waals surface area contributed by atoms with Crippen LogP contribution in [0.25, 0.3) is 10.8 Å². The van der Waals surface area contributed by atoms with Crippen LogP contribution in [0, 0.1) is 5.82 Å². The molecule has 5 nitrogen and oxygen atoms in total. The van der Waals surface area contributed by atoms with Gasteiger partial charge >= 0.3 is 0 Å². The number of aryl methyl sites for hydroxylation is 2. The maximum Gasteiger partial charge on any atom is 0.128 e. The van der Waals surface area contributed by atoms with Crippen LogP contribution < -0.4 is 9.47 Å². The van der Waals surface area contributed by atoms with Gasteiger partial charge in [0.1, 0.15) is 28.5 Å². The molecule has 0 fully saturated rings. The number of nitrogens with zero attached hydrogens (tertiary/aromatic N) is 2. The Hall–Kier alpha value is -2.90. The Balaban J connectivity index is 1.57. The zero-order valence-corrected chi connectivity index (χ0v) is 19.3. The van der Waals surface area contributed by atoms with Crippen LogP contribution in [0.2, 0.25) is 0 Å². The number of methoxy groups -OCH3 is 1. The van der Waals surface area contributed by atoms with Crippen LogP contribution >= 0.6 is 15.9 Å². The predicted octanol–water partition coefficient (Wildman–Crippen LogP) is 5.30. The number of aliphatic hydroxyl groups excluding tert-OH is 1. The first kappa shape index (κ1) is 22.3. The number of halogens is 2. The predicted molar refractivity (Wildman–Crippen MR) is 126 cm³/mol. The Kier molecular flexibility index (Phi) is 7.07. The Labute approximate surface area is 194 Å². The maximum absolute atomic E-state index is 13.9. The van der Waals surface area contributed by atoms with Gasteiger partial charge in [-0.05, 0) is 87.7 Å². The van der Waals surface area contributed by atoms with Crippen molar-refractivity contribution >= 4 is 26.7 Å². The highest BCUT2D eigenvalue weighted by molar-refractivity contribution is 9.10. The minimum absolute atomic E-state index is 0.0275. The van der Waals surface area contributed by atoms with Gasteiger partial charge in [0.15, 0.2) is 0 Å². The van der Waals surface area contributed by atoms with E-state index >= 15 is 0 Å². The molecule has 1 aromatic heterocycles. The number of aliphatic hydroxyl groups is 1. The molecular weight excluding hydrogens is 475 g/mol. The average molecular weight is 499 g/mol.